The molecule has 0 spiro atoms. The number of likely N-dealkylation sites (N-methyl/N-ethyl adjacent to an activating group) is 1. The van der Waals surface area contributed by atoms with E-state index in [9.17, 15) is 4.79 Å². The van der Waals surface area contributed by atoms with E-state index in [1.165, 1.54) is 0 Å². The van der Waals surface area contributed by atoms with Gasteiger partial charge in [0, 0.05) is 30.6 Å². The number of hydrogen-bond acceptors (Lipinski definition) is 5. The Balaban J connectivity index is 1.62. The summed E-state index contributed by atoms with van der Waals surface area (Å²) in [6.07, 6.45) is 2.26. The van der Waals surface area contributed by atoms with Crippen LogP contribution in [0.1, 0.15) is 34.8 Å². The first-order valence-corrected chi connectivity index (χ1v) is 10.8. The van der Waals surface area contributed by atoms with Crippen molar-refractivity contribution in [3.05, 3.63) is 65.7 Å². The van der Waals surface area contributed by atoms with Crippen molar-refractivity contribution < 1.29 is 9.53 Å². The fourth-order valence-electron chi connectivity index (χ4n) is 4.24. The number of para-hydroxylation sites is 2. The highest BCUT2D eigenvalue weighted by atomic mass is 16.5. The topological polar surface area (TPSA) is 57.7 Å². The normalized spacial score (nSPS) is 14.8. The molecule has 1 aliphatic heterocycles. The summed E-state index contributed by atoms with van der Waals surface area (Å²) in [5, 5.41) is 4.13. The summed E-state index contributed by atoms with van der Waals surface area (Å²) < 4.78 is 5.55. The van der Waals surface area contributed by atoms with Crippen molar-refractivity contribution in [2.24, 2.45) is 0 Å². The summed E-state index contributed by atoms with van der Waals surface area (Å²) in [5.74, 6) is 1.51. The number of carbonyl (C=O) groups is 1. The minimum Gasteiger partial charge on any atom is -0.496 e. The van der Waals surface area contributed by atoms with Gasteiger partial charge in [-0.2, -0.15) is 0 Å². The Morgan fingerprint density at radius 1 is 1.13 bits per heavy atom. The van der Waals surface area contributed by atoms with Crippen LogP contribution >= 0.6 is 0 Å². The van der Waals surface area contributed by atoms with Crippen molar-refractivity contribution in [2.45, 2.75) is 18.9 Å². The number of ether oxygens (including phenoxy) is 1. The zero-order chi connectivity index (χ0) is 21.8. The maximum absolute atomic E-state index is 13.4. The molecule has 1 aromatic heterocycles. The summed E-state index contributed by atoms with van der Waals surface area (Å²) in [4.78, 5) is 22.5. The fraction of sp³-hybridized carbons (Fsp3) is 0.360. The highest BCUT2D eigenvalue weighted by Crippen LogP contribution is 2.29. The third-order valence-electron chi connectivity index (χ3n) is 5.93. The average molecular weight is 419 g/mol. The van der Waals surface area contributed by atoms with E-state index in [4.69, 9.17) is 9.72 Å². The Morgan fingerprint density at radius 3 is 2.58 bits per heavy atom. The first kappa shape index (κ1) is 21.1. The van der Waals surface area contributed by atoms with Gasteiger partial charge in [0.1, 0.15) is 11.6 Å². The molecule has 1 saturated heterocycles. The number of benzene rings is 2. The Kier molecular flexibility index (Phi) is 6.37. The molecule has 1 aliphatic rings. The fourth-order valence-corrected chi connectivity index (χ4v) is 4.24. The number of fused-ring (bicyclic) bond motifs is 1. The number of hydrogen-bond donors (Lipinski definition) is 1. The van der Waals surface area contributed by atoms with Gasteiger partial charge in [-0.3, -0.25) is 4.79 Å². The second kappa shape index (κ2) is 9.35. The van der Waals surface area contributed by atoms with Gasteiger partial charge in [-0.25, -0.2) is 4.98 Å². The van der Waals surface area contributed by atoms with Crippen LogP contribution in [0.15, 0.2) is 54.6 Å². The van der Waals surface area contributed by atoms with Crippen LogP contribution in [0.3, 0.4) is 0 Å². The third kappa shape index (κ3) is 4.49. The number of amides is 1. The number of rotatable bonds is 7. The van der Waals surface area contributed by atoms with Gasteiger partial charge in [-0.1, -0.05) is 36.4 Å². The SMILES string of the molecule is COc1ccccc1C(CNC(=O)c1cc2ccccc2nc1N1CCCC1)N(C)C. The van der Waals surface area contributed by atoms with Crippen LogP contribution < -0.4 is 15.0 Å². The molecule has 0 radical (unpaired) electrons. The molecule has 1 unspecified atom stereocenters. The van der Waals surface area contributed by atoms with Gasteiger partial charge in [0.05, 0.1) is 24.2 Å². The molecule has 2 heterocycles. The molecule has 1 fully saturated rings. The van der Waals surface area contributed by atoms with E-state index in [0.29, 0.717) is 12.1 Å². The number of pyridine rings is 1. The molecule has 0 aliphatic carbocycles. The van der Waals surface area contributed by atoms with Gasteiger partial charge in [-0.05, 0) is 45.1 Å². The molecule has 6 nitrogen and oxygen atoms in total. The van der Waals surface area contributed by atoms with Crippen molar-refractivity contribution in [1.29, 1.82) is 0 Å². The van der Waals surface area contributed by atoms with E-state index < -0.39 is 0 Å². The van der Waals surface area contributed by atoms with Crippen molar-refractivity contribution in [3.8, 4) is 5.75 Å². The van der Waals surface area contributed by atoms with E-state index >= 15 is 0 Å². The van der Waals surface area contributed by atoms with Gasteiger partial charge < -0.3 is 19.9 Å². The largest absolute Gasteiger partial charge is 0.496 e. The van der Waals surface area contributed by atoms with E-state index in [0.717, 1.165) is 54.0 Å². The Labute approximate surface area is 183 Å². The second-order valence-electron chi connectivity index (χ2n) is 8.18. The van der Waals surface area contributed by atoms with E-state index in [-0.39, 0.29) is 11.9 Å². The quantitative estimate of drug-likeness (QED) is 0.631. The van der Waals surface area contributed by atoms with Gasteiger partial charge in [0.25, 0.3) is 5.91 Å². The lowest BCUT2D eigenvalue weighted by Crippen LogP contribution is -2.35. The Morgan fingerprint density at radius 2 is 1.84 bits per heavy atom. The molecule has 3 aromatic rings. The highest BCUT2D eigenvalue weighted by Gasteiger charge is 2.24. The molecule has 4 rings (SSSR count). The lowest BCUT2D eigenvalue weighted by atomic mass is 10.0. The zero-order valence-corrected chi connectivity index (χ0v) is 18.5. The highest BCUT2D eigenvalue weighted by molar-refractivity contribution is 6.02. The lowest BCUT2D eigenvalue weighted by Gasteiger charge is -2.27. The van der Waals surface area contributed by atoms with Gasteiger partial charge in [-0.15, -0.1) is 0 Å². The van der Waals surface area contributed by atoms with Gasteiger partial charge in [0.15, 0.2) is 0 Å². The van der Waals surface area contributed by atoms with E-state index in [2.05, 4.69) is 15.1 Å². The maximum atomic E-state index is 13.4. The number of nitrogens with zero attached hydrogens (tertiary/aromatic N) is 3. The molecular weight excluding hydrogens is 388 g/mol. The maximum Gasteiger partial charge on any atom is 0.255 e. The third-order valence-corrected chi connectivity index (χ3v) is 5.93. The van der Waals surface area contributed by atoms with Crippen LogP contribution in [-0.4, -0.2) is 56.6 Å². The smallest absolute Gasteiger partial charge is 0.255 e. The number of carbonyl (C=O) groups excluding carboxylic acids is 1. The predicted octanol–water partition coefficient (Wildman–Crippen LogP) is 3.88. The minimum absolute atomic E-state index is 0.0104. The zero-order valence-electron chi connectivity index (χ0n) is 18.5. The molecule has 1 amide bonds. The molecular formula is C25H30N4O2. The Hall–Kier alpha value is -3.12. The minimum atomic E-state index is -0.0955. The summed E-state index contributed by atoms with van der Waals surface area (Å²) in [6.45, 7) is 2.35. The molecule has 1 N–H and O–H groups in total. The molecule has 0 bridgehead atoms. The van der Waals surface area contributed by atoms with Crippen molar-refractivity contribution in [2.75, 3.05) is 45.7 Å². The lowest BCUT2D eigenvalue weighted by molar-refractivity contribution is 0.0942. The summed E-state index contributed by atoms with van der Waals surface area (Å²) >= 11 is 0. The van der Waals surface area contributed by atoms with Crippen LogP contribution in [0.5, 0.6) is 5.75 Å². The molecule has 2 aromatic carbocycles. The first-order chi connectivity index (χ1) is 15.1. The van der Waals surface area contributed by atoms with Gasteiger partial charge in [0.2, 0.25) is 0 Å². The predicted molar refractivity (Wildman–Crippen MR) is 125 cm³/mol. The summed E-state index contributed by atoms with van der Waals surface area (Å²) in [7, 11) is 5.69. The number of methoxy groups -OCH3 is 1. The van der Waals surface area contributed by atoms with Crippen LogP contribution in [0.2, 0.25) is 0 Å². The molecule has 162 valence electrons. The summed E-state index contributed by atoms with van der Waals surface area (Å²) in [5.41, 5.74) is 2.60. The average Bonchev–Trinajstić information content (AvgIpc) is 3.33. The molecule has 1 atom stereocenters. The van der Waals surface area contributed by atoms with Crippen molar-refractivity contribution in [1.82, 2.24) is 15.2 Å². The molecule has 31 heavy (non-hydrogen) atoms. The monoisotopic (exact) mass is 418 g/mol. The number of nitrogens with one attached hydrogen (secondary N) is 1. The molecule has 0 saturated carbocycles. The number of anilines is 1. The first-order valence-electron chi connectivity index (χ1n) is 10.8. The standard InChI is InChI=1S/C25H30N4O2/c1-28(2)22(19-11-5-7-13-23(19)31-3)17-26-25(30)20-16-18-10-4-6-12-21(18)27-24(20)29-14-8-9-15-29/h4-7,10-13,16,22H,8-9,14-15,17H2,1-3H3,(H,26,30). The van der Waals surface area contributed by atoms with Crippen LogP contribution in [0.4, 0.5) is 5.82 Å². The second-order valence-corrected chi connectivity index (χ2v) is 8.18. The van der Waals surface area contributed by atoms with Crippen LogP contribution in [0.25, 0.3) is 10.9 Å². The van der Waals surface area contributed by atoms with Crippen molar-refractivity contribution >= 4 is 22.6 Å². The van der Waals surface area contributed by atoms with Gasteiger partial charge >= 0.3 is 0 Å². The van der Waals surface area contributed by atoms with Crippen LogP contribution in [0, 0.1) is 0 Å². The molecule has 6 heteroatoms. The summed E-state index contributed by atoms with van der Waals surface area (Å²) in [6, 6.07) is 17.9. The van der Waals surface area contributed by atoms with E-state index in [1.54, 1.807) is 7.11 Å². The van der Waals surface area contributed by atoms with E-state index in [1.807, 2.05) is 68.7 Å². The van der Waals surface area contributed by atoms with Crippen LogP contribution in [-0.2, 0) is 0 Å². The Bertz CT molecular complexity index is 1060. The number of aromatic nitrogens is 1. The van der Waals surface area contributed by atoms with Crippen molar-refractivity contribution in [3.63, 3.8) is 0 Å².